The number of hydrogen-bond acceptors (Lipinski definition) is 4. The second-order valence-corrected chi connectivity index (χ2v) is 10.4. The molecule has 152 valence electrons. The van der Waals surface area contributed by atoms with Crippen molar-refractivity contribution in [1.82, 2.24) is 4.31 Å². The fourth-order valence-corrected chi connectivity index (χ4v) is 6.37. The summed E-state index contributed by atoms with van der Waals surface area (Å²) in [5.41, 5.74) is 3.04. The maximum Gasteiger partial charge on any atom is 0.264 e. The van der Waals surface area contributed by atoms with Crippen LogP contribution >= 0.6 is 0 Å². The maximum absolute atomic E-state index is 13.6. The summed E-state index contributed by atoms with van der Waals surface area (Å²) in [5, 5.41) is 0. The number of aryl methyl sites for hydroxylation is 1. The van der Waals surface area contributed by atoms with Gasteiger partial charge < -0.3 is 9.47 Å². The molecule has 5 rings (SSSR count). The molecule has 4 atom stereocenters. The Bertz CT molecular complexity index is 1060. The second kappa shape index (κ2) is 6.42. The van der Waals surface area contributed by atoms with Crippen LogP contribution in [0.25, 0.3) is 5.57 Å². The van der Waals surface area contributed by atoms with Crippen LogP contribution < -0.4 is 0 Å². The summed E-state index contributed by atoms with van der Waals surface area (Å²) < 4.78 is 41.1. The van der Waals surface area contributed by atoms with Crippen molar-refractivity contribution in [3.8, 4) is 0 Å². The van der Waals surface area contributed by atoms with Crippen LogP contribution in [0.4, 0.5) is 0 Å². The van der Waals surface area contributed by atoms with Crippen LogP contribution in [0.15, 0.2) is 65.7 Å². The molecule has 0 radical (unpaired) electrons. The zero-order chi connectivity index (χ0) is 20.4. The van der Waals surface area contributed by atoms with E-state index in [9.17, 15) is 8.42 Å². The average Bonchev–Trinajstić information content (AvgIpc) is 3.15. The molecule has 29 heavy (non-hydrogen) atoms. The molecule has 1 saturated carbocycles. The third-order valence-electron chi connectivity index (χ3n) is 6.13. The highest BCUT2D eigenvalue weighted by Crippen LogP contribution is 2.52. The lowest BCUT2D eigenvalue weighted by atomic mass is 9.89. The van der Waals surface area contributed by atoms with Crippen LogP contribution in [0.3, 0.4) is 0 Å². The molecule has 2 aliphatic heterocycles. The van der Waals surface area contributed by atoms with Crippen LogP contribution in [0.2, 0.25) is 0 Å². The van der Waals surface area contributed by atoms with Crippen LogP contribution in [0.1, 0.15) is 31.4 Å². The van der Waals surface area contributed by atoms with Crippen molar-refractivity contribution in [2.24, 2.45) is 5.92 Å². The van der Waals surface area contributed by atoms with Gasteiger partial charge in [0.15, 0.2) is 5.79 Å². The molecule has 1 aliphatic carbocycles. The molecular weight excluding hydrogens is 386 g/mol. The van der Waals surface area contributed by atoms with Crippen LogP contribution in [-0.2, 0) is 19.5 Å². The van der Waals surface area contributed by atoms with E-state index in [0.717, 1.165) is 16.7 Å². The normalized spacial score (nSPS) is 30.2. The Balaban J connectivity index is 1.63. The van der Waals surface area contributed by atoms with Gasteiger partial charge in [-0.05, 0) is 50.5 Å². The van der Waals surface area contributed by atoms with E-state index in [1.54, 1.807) is 18.3 Å². The Morgan fingerprint density at radius 2 is 1.62 bits per heavy atom. The first-order valence-electron chi connectivity index (χ1n) is 9.99. The first-order chi connectivity index (χ1) is 13.8. The molecular formula is C23H25NO4S. The SMILES string of the molecule is Cc1ccc(S(=O)(=O)N2C=C(c3ccccc3)[C@@H]3C[C@H]2[C@@H]2OC(C)(C)O[C@@H]23)cc1. The average molecular weight is 412 g/mol. The Kier molecular flexibility index (Phi) is 4.18. The number of rotatable bonds is 3. The topological polar surface area (TPSA) is 55.8 Å². The van der Waals surface area contributed by atoms with Gasteiger partial charge in [0.1, 0.15) is 6.10 Å². The summed E-state index contributed by atoms with van der Waals surface area (Å²) in [6, 6.07) is 16.7. The summed E-state index contributed by atoms with van der Waals surface area (Å²) in [5.74, 6) is -0.608. The van der Waals surface area contributed by atoms with Crippen molar-refractivity contribution in [3.05, 3.63) is 71.9 Å². The molecule has 6 heteroatoms. The van der Waals surface area contributed by atoms with E-state index in [2.05, 4.69) is 0 Å². The van der Waals surface area contributed by atoms with Gasteiger partial charge in [0.2, 0.25) is 0 Å². The minimum absolute atomic E-state index is 0.110. The molecule has 2 aromatic rings. The van der Waals surface area contributed by atoms with Gasteiger partial charge >= 0.3 is 0 Å². The quantitative estimate of drug-likeness (QED) is 0.767. The molecule has 3 aliphatic rings. The predicted octanol–water partition coefficient (Wildman–Crippen LogP) is 3.95. The Morgan fingerprint density at radius 1 is 0.966 bits per heavy atom. The van der Waals surface area contributed by atoms with E-state index >= 15 is 0 Å². The predicted molar refractivity (Wildman–Crippen MR) is 110 cm³/mol. The molecule has 0 unspecified atom stereocenters. The van der Waals surface area contributed by atoms with Crippen molar-refractivity contribution in [2.75, 3.05) is 0 Å². The van der Waals surface area contributed by atoms with E-state index in [1.165, 1.54) is 4.31 Å². The lowest BCUT2D eigenvalue weighted by Gasteiger charge is -2.35. The molecule has 2 aromatic carbocycles. The van der Waals surface area contributed by atoms with Gasteiger partial charge in [-0.15, -0.1) is 0 Å². The van der Waals surface area contributed by atoms with Crippen molar-refractivity contribution in [2.45, 2.75) is 56.1 Å². The number of hydrogen-bond donors (Lipinski definition) is 0. The fourth-order valence-electron chi connectivity index (χ4n) is 4.83. The second-order valence-electron chi connectivity index (χ2n) is 8.57. The van der Waals surface area contributed by atoms with Crippen LogP contribution in [0, 0.1) is 12.8 Å². The van der Waals surface area contributed by atoms with Gasteiger partial charge in [-0.2, -0.15) is 0 Å². The molecule has 0 amide bonds. The Labute approximate surface area is 172 Å². The highest BCUT2D eigenvalue weighted by Gasteiger charge is 2.59. The third kappa shape index (κ3) is 3.01. The van der Waals surface area contributed by atoms with E-state index in [-0.39, 0.29) is 24.2 Å². The van der Waals surface area contributed by atoms with E-state index in [1.807, 2.05) is 63.2 Å². The van der Waals surface area contributed by atoms with Gasteiger partial charge in [0.25, 0.3) is 10.0 Å². The van der Waals surface area contributed by atoms with Crippen LogP contribution in [0.5, 0.6) is 0 Å². The van der Waals surface area contributed by atoms with Crippen molar-refractivity contribution in [3.63, 3.8) is 0 Å². The fraction of sp³-hybridized carbons (Fsp3) is 0.391. The van der Waals surface area contributed by atoms with Gasteiger partial charge in [-0.1, -0.05) is 48.0 Å². The van der Waals surface area contributed by atoms with Crippen LogP contribution in [-0.4, -0.2) is 36.8 Å². The van der Waals surface area contributed by atoms with E-state index < -0.39 is 15.8 Å². The standard InChI is InChI=1S/C23H25NO4S/c1-15-9-11-17(12-10-15)29(25,26)24-14-19(16-7-5-4-6-8-16)18-13-20(24)22-21(18)27-23(2,3)28-22/h4-12,14,18,20-22H,13H2,1-3H3/t18-,20-,21+,22-/m0/s1. The van der Waals surface area contributed by atoms with Crippen molar-refractivity contribution < 1.29 is 17.9 Å². The van der Waals surface area contributed by atoms with Crippen molar-refractivity contribution >= 4 is 15.6 Å². The minimum Gasteiger partial charge on any atom is -0.344 e. The first kappa shape index (κ1) is 18.9. The van der Waals surface area contributed by atoms with Gasteiger partial charge in [0.05, 0.1) is 17.0 Å². The lowest BCUT2D eigenvalue weighted by molar-refractivity contribution is -0.158. The van der Waals surface area contributed by atoms with Gasteiger partial charge in [-0.3, -0.25) is 4.31 Å². The maximum atomic E-state index is 13.6. The number of sulfonamides is 1. The molecule has 2 fully saturated rings. The lowest BCUT2D eigenvalue weighted by Crippen LogP contribution is -2.44. The molecule has 0 aromatic heterocycles. The largest absolute Gasteiger partial charge is 0.344 e. The molecule has 0 N–H and O–H groups in total. The highest BCUT2D eigenvalue weighted by atomic mass is 32.2. The summed E-state index contributed by atoms with van der Waals surface area (Å²) in [7, 11) is -3.71. The molecule has 5 nitrogen and oxygen atoms in total. The van der Waals surface area contributed by atoms with E-state index in [4.69, 9.17) is 9.47 Å². The Morgan fingerprint density at radius 3 is 2.31 bits per heavy atom. The molecule has 2 bridgehead atoms. The number of fused-ring (bicyclic) bond motifs is 5. The Hall–Kier alpha value is -2.15. The summed E-state index contributed by atoms with van der Waals surface area (Å²) in [4.78, 5) is 0.298. The van der Waals surface area contributed by atoms with Crippen molar-refractivity contribution in [1.29, 1.82) is 0 Å². The zero-order valence-electron chi connectivity index (χ0n) is 16.8. The monoisotopic (exact) mass is 411 g/mol. The minimum atomic E-state index is -3.71. The smallest absolute Gasteiger partial charge is 0.264 e. The first-order valence-corrected chi connectivity index (χ1v) is 11.4. The molecule has 2 heterocycles. The van der Waals surface area contributed by atoms with E-state index in [0.29, 0.717) is 11.3 Å². The summed E-state index contributed by atoms with van der Waals surface area (Å²) >= 11 is 0. The number of ether oxygens (including phenoxy) is 2. The number of nitrogens with zero attached hydrogens (tertiary/aromatic N) is 1. The third-order valence-corrected chi connectivity index (χ3v) is 7.93. The summed E-state index contributed by atoms with van der Waals surface area (Å²) in [6.45, 7) is 5.74. The highest BCUT2D eigenvalue weighted by molar-refractivity contribution is 7.89. The summed E-state index contributed by atoms with van der Waals surface area (Å²) in [6.07, 6.45) is 2.06. The zero-order valence-corrected chi connectivity index (χ0v) is 17.6. The van der Waals surface area contributed by atoms with Gasteiger partial charge in [0, 0.05) is 12.1 Å². The van der Waals surface area contributed by atoms with Gasteiger partial charge in [-0.25, -0.2) is 8.42 Å². The molecule has 0 spiro atoms. The number of benzene rings is 2. The molecule has 1 saturated heterocycles.